The van der Waals surface area contributed by atoms with Crippen molar-refractivity contribution in [3.05, 3.63) is 33.8 Å². The van der Waals surface area contributed by atoms with Crippen molar-refractivity contribution in [3.8, 4) is 0 Å². The van der Waals surface area contributed by atoms with Crippen molar-refractivity contribution in [2.24, 2.45) is 0 Å². The van der Waals surface area contributed by atoms with E-state index in [-0.39, 0.29) is 5.82 Å². The average Bonchev–Trinajstić information content (AvgIpc) is 2.06. The Labute approximate surface area is 86.9 Å². The summed E-state index contributed by atoms with van der Waals surface area (Å²) in [4.78, 5) is 7.94. The van der Waals surface area contributed by atoms with Crippen molar-refractivity contribution >= 4 is 38.6 Å². The minimum absolute atomic E-state index is 0.291. The zero-order valence-electron chi connectivity index (χ0n) is 6.26. The summed E-state index contributed by atoms with van der Waals surface area (Å²) in [7, 11) is 0. The number of aromatic nitrogens is 2. The van der Waals surface area contributed by atoms with Gasteiger partial charge in [0.1, 0.15) is 16.5 Å². The van der Waals surface area contributed by atoms with Gasteiger partial charge in [-0.25, -0.2) is 9.37 Å². The van der Waals surface area contributed by atoms with Crippen LogP contribution in [-0.2, 0) is 0 Å². The van der Waals surface area contributed by atoms with Crippen LogP contribution in [0.15, 0.2) is 22.8 Å². The van der Waals surface area contributed by atoms with E-state index in [1.54, 1.807) is 0 Å². The third kappa shape index (κ3) is 1.64. The van der Waals surface area contributed by atoms with E-state index in [1.807, 2.05) is 0 Å². The lowest BCUT2D eigenvalue weighted by atomic mass is 10.3. The van der Waals surface area contributed by atoms with Crippen LogP contribution in [0.1, 0.15) is 0 Å². The quantitative estimate of drug-likeness (QED) is 0.728. The first-order valence-electron chi connectivity index (χ1n) is 3.44. The second-order valence-corrected chi connectivity index (χ2v) is 3.69. The first kappa shape index (κ1) is 8.84. The summed E-state index contributed by atoms with van der Waals surface area (Å²) >= 11 is 8.82. The standard InChI is InChI=1S/C8H3BrClFN2/c9-5-1-4(11)2-6-8(5)13-7(10)3-12-6/h1-3H. The lowest BCUT2D eigenvalue weighted by molar-refractivity contribution is 0.628. The fourth-order valence-electron chi connectivity index (χ4n) is 1.02. The topological polar surface area (TPSA) is 25.8 Å². The molecule has 13 heavy (non-hydrogen) atoms. The average molecular weight is 261 g/mol. The van der Waals surface area contributed by atoms with Gasteiger partial charge in [-0.2, -0.15) is 0 Å². The summed E-state index contributed by atoms with van der Waals surface area (Å²) in [5.41, 5.74) is 1.05. The fraction of sp³-hybridized carbons (Fsp3) is 0. The Hall–Kier alpha value is -0.740. The Kier molecular flexibility index (Phi) is 2.17. The van der Waals surface area contributed by atoms with E-state index in [0.717, 1.165) is 0 Å². The first-order chi connectivity index (χ1) is 6.16. The molecule has 2 aromatic rings. The van der Waals surface area contributed by atoms with Crippen molar-refractivity contribution in [2.45, 2.75) is 0 Å². The highest BCUT2D eigenvalue weighted by Gasteiger charge is 2.04. The van der Waals surface area contributed by atoms with Crippen molar-refractivity contribution in [2.75, 3.05) is 0 Å². The molecule has 0 saturated carbocycles. The first-order valence-corrected chi connectivity index (χ1v) is 4.61. The zero-order valence-corrected chi connectivity index (χ0v) is 8.60. The van der Waals surface area contributed by atoms with E-state index < -0.39 is 0 Å². The fourth-order valence-corrected chi connectivity index (χ4v) is 1.66. The van der Waals surface area contributed by atoms with Crippen LogP contribution < -0.4 is 0 Å². The molecule has 0 atom stereocenters. The Bertz CT molecular complexity index is 475. The van der Waals surface area contributed by atoms with Crippen molar-refractivity contribution < 1.29 is 4.39 Å². The molecule has 66 valence electrons. The summed E-state index contributed by atoms with van der Waals surface area (Å²) in [6.45, 7) is 0. The van der Waals surface area contributed by atoms with E-state index in [2.05, 4.69) is 25.9 Å². The molecule has 0 aliphatic carbocycles. The molecule has 0 bridgehead atoms. The highest BCUT2D eigenvalue weighted by atomic mass is 79.9. The van der Waals surface area contributed by atoms with E-state index >= 15 is 0 Å². The van der Waals surface area contributed by atoms with Gasteiger partial charge in [0.15, 0.2) is 0 Å². The molecular formula is C8H3BrClFN2. The summed E-state index contributed by atoms with van der Waals surface area (Å²) in [5.74, 6) is -0.351. The van der Waals surface area contributed by atoms with Crippen molar-refractivity contribution in [3.63, 3.8) is 0 Å². The highest BCUT2D eigenvalue weighted by Crippen LogP contribution is 2.23. The predicted octanol–water partition coefficient (Wildman–Crippen LogP) is 3.18. The monoisotopic (exact) mass is 260 g/mol. The molecule has 0 fully saturated rings. The largest absolute Gasteiger partial charge is 0.251 e. The number of hydrogen-bond acceptors (Lipinski definition) is 2. The van der Waals surface area contributed by atoms with Crippen molar-refractivity contribution in [1.29, 1.82) is 0 Å². The lowest BCUT2D eigenvalue weighted by Gasteiger charge is -1.99. The van der Waals surface area contributed by atoms with E-state index in [4.69, 9.17) is 11.6 Å². The molecular weight excluding hydrogens is 258 g/mol. The molecule has 1 aromatic heterocycles. The van der Waals surface area contributed by atoms with Gasteiger partial charge in [-0.3, -0.25) is 4.98 Å². The molecule has 0 spiro atoms. The van der Waals surface area contributed by atoms with Gasteiger partial charge in [0.05, 0.1) is 11.7 Å². The molecule has 2 rings (SSSR count). The third-order valence-corrected chi connectivity index (χ3v) is 2.32. The number of benzene rings is 1. The van der Waals surface area contributed by atoms with Gasteiger partial charge in [-0.1, -0.05) is 11.6 Å². The van der Waals surface area contributed by atoms with Crippen LogP contribution in [0.3, 0.4) is 0 Å². The van der Waals surface area contributed by atoms with E-state index in [0.29, 0.717) is 20.7 Å². The summed E-state index contributed by atoms with van der Waals surface area (Å²) in [6, 6.07) is 2.64. The predicted molar refractivity (Wildman–Crippen MR) is 52.2 cm³/mol. The molecule has 0 saturated heterocycles. The summed E-state index contributed by atoms with van der Waals surface area (Å²) in [5, 5.41) is 0.291. The van der Waals surface area contributed by atoms with Gasteiger partial charge in [0.25, 0.3) is 0 Å². The Balaban J connectivity index is 2.87. The number of nitrogens with zero attached hydrogens (tertiary/aromatic N) is 2. The van der Waals surface area contributed by atoms with Crippen LogP contribution in [0.25, 0.3) is 11.0 Å². The maximum absolute atomic E-state index is 12.9. The molecule has 0 N–H and O–H groups in total. The summed E-state index contributed by atoms with van der Waals surface area (Å²) in [6.07, 6.45) is 1.38. The molecule has 1 heterocycles. The Morgan fingerprint density at radius 2 is 2.15 bits per heavy atom. The molecule has 0 aliphatic rings. The van der Waals surface area contributed by atoms with Crippen LogP contribution in [0.4, 0.5) is 4.39 Å². The third-order valence-electron chi connectivity index (χ3n) is 1.54. The molecule has 2 nitrogen and oxygen atoms in total. The lowest BCUT2D eigenvalue weighted by Crippen LogP contribution is -1.87. The molecule has 5 heteroatoms. The van der Waals surface area contributed by atoms with Gasteiger partial charge in [0.2, 0.25) is 0 Å². The number of hydrogen-bond donors (Lipinski definition) is 0. The van der Waals surface area contributed by atoms with Crippen LogP contribution in [0, 0.1) is 5.82 Å². The SMILES string of the molecule is Fc1cc(Br)c2nc(Cl)cnc2c1. The Morgan fingerprint density at radius 1 is 1.38 bits per heavy atom. The minimum atomic E-state index is -0.351. The number of halogens is 3. The summed E-state index contributed by atoms with van der Waals surface area (Å²) < 4.78 is 13.4. The van der Waals surface area contributed by atoms with Gasteiger partial charge in [0, 0.05) is 10.5 Å². The van der Waals surface area contributed by atoms with Gasteiger partial charge >= 0.3 is 0 Å². The van der Waals surface area contributed by atoms with Gasteiger partial charge in [-0.05, 0) is 22.0 Å². The van der Waals surface area contributed by atoms with Crippen LogP contribution in [0.5, 0.6) is 0 Å². The van der Waals surface area contributed by atoms with Gasteiger partial charge in [-0.15, -0.1) is 0 Å². The van der Waals surface area contributed by atoms with Crippen LogP contribution in [0.2, 0.25) is 5.15 Å². The molecule has 1 aromatic carbocycles. The molecule has 0 radical (unpaired) electrons. The van der Waals surface area contributed by atoms with Crippen LogP contribution >= 0.6 is 27.5 Å². The van der Waals surface area contributed by atoms with Crippen LogP contribution in [-0.4, -0.2) is 9.97 Å². The van der Waals surface area contributed by atoms with E-state index in [9.17, 15) is 4.39 Å². The number of rotatable bonds is 0. The molecule has 0 unspecified atom stereocenters. The highest BCUT2D eigenvalue weighted by molar-refractivity contribution is 9.10. The Morgan fingerprint density at radius 3 is 2.92 bits per heavy atom. The van der Waals surface area contributed by atoms with Crippen molar-refractivity contribution in [1.82, 2.24) is 9.97 Å². The second-order valence-electron chi connectivity index (χ2n) is 2.45. The second kappa shape index (κ2) is 3.20. The smallest absolute Gasteiger partial charge is 0.148 e. The normalized spacial score (nSPS) is 10.7. The minimum Gasteiger partial charge on any atom is -0.251 e. The van der Waals surface area contributed by atoms with E-state index in [1.165, 1.54) is 18.3 Å². The molecule has 0 amide bonds. The number of fused-ring (bicyclic) bond motifs is 1. The molecule has 0 aliphatic heterocycles. The maximum Gasteiger partial charge on any atom is 0.148 e. The zero-order chi connectivity index (χ0) is 9.42. The van der Waals surface area contributed by atoms with Gasteiger partial charge < -0.3 is 0 Å². The maximum atomic E-state index is 12.9.